The number of ether oxygens (including phenoxy) is 1. The first-order valence-corrected chi connectivity index (χ1v) is 8.93. The number of amides is 1. The lowest BCUT2D eigenvalue weighted by Gasteiger charge is -2.44. The van der Waals surface area contributed by atoms with Crippen LogP contribution in [-0.4, -0.2) is 16.5 Å². The smallest absolute Gasteiger partial charge is 0.268 e. The normalized spacial score (nSPS) is 21.2. The lowest BCUT2D eigenvalue weighted by atomic mass is 9.77. The lowest BCUT2D eigenvalue weighted by molar-refractivity contribution is -0.00212. The van der Waals surface area contributed by atoms with Crippen molar-refractivity contribution in [2.45, 2.75) is 50.2 Å². The summed E-state index contributed by atoms with van der Waals surface area (Å²) in [5, 5.41) is 3.10. The molecule has 4 rings (SSSR count). The van der Waals surface area contributed by atoms with Gasteiger partial charge < -0.3 is 15.0 Å². The second-order valence-corrected chi connectivity index (χ2v) is 7.04. The topological polar surface area (TPSA) is 71.2 Å². The molecule has 2 heterocycles. The van der Waals surface area contributed by atoms with Crippen LogP contribution in [0.2, 0.25) is 0 Å². The summed E-state index contributed by atoms with van der Waals surface area (Å²) in [6.07, 6.45) is 6.39. The summed E-state index contributed by atoms with van der Waals surface area (Å²) >= 11 is 0. The minimum absolute atomic E-state index is 0.112. The maximum Gasteiger partial charge on any atom is 0.268 e. The number of fused-ring (bicyclic) bond motifs is 1. The van der Waals surface area contributed by atoms with Gasteiger partial charge in [0.05, 0.1) is 6.04 Å². The average Bonchev–Trinajstić information content (AvgIpc) is 2.62. The van der Waals surface area contributed by atoms with Crippen molar-refractivity contribution in [1.29, 1.82) is 0 Å². The molecule has 1 aromatic carbocycles. The number of rotatable bonds is 2. The van der Waals surface area contributed by atoms with Crippen LogP contribution in [0.5, 0.6) is 5.75 Å². The fourth-order valence-corrected chi connectivity index (χ4v) is 4.07. The third-order valence-electron chi connectivity index (χ3n) is 5.28. The van der Waals surface area contributed by atoms with Gasteiger partial charge in [0, 0.05) is 18.1 Å². The van der Waals surface area contributed by atoms with E-state index in [-0.39, 0.29) is 28.8 Å². The van der Waals surface area contributed by atoms with Crippen LogP contribution in [0.25, 0.3) is 0 Å². The van der Waals surface area contributed by atoms with Crippen LogP contribution >= 0.6 is 0 Å². The standard InChI is InChI=1S/C20H22N2O3/c23-18-10-6-8-15(21-18)19(24)22-16-13-20(11-4-1-5-12-20)25-17-9-3-2-7-14(16)17/h2-3,6-10,16H,1,4-5,11-13H2,(H,21,23)(H,22,24). The fourth-order valence-electron chi connectivity index (χ4n) is 4.07. The first kappa shape index (κ1) is 15.9. The van der Waals surface area contributed by atoms with Gasteiger partial charge in [-0.3, -0.25) is 9.59 Å². The molecule has 1 amide bonds. The summed E-state index contributed by atoms with van der Waals surface area (Å²) in [5.41, 5.74) is 0.831. The number of aromatic amines is 1. The van der Waals surface area contributed by atoms with Gasteiger partial charge in [-0.25, -0.2) is 0 Å². The van der Waals surface area contributed by atoms with Crippen molar-refractivity contribution in [3.63, 3.8) is 0 Å². The predicted octanol–water partition coefficient (Wildman–Crippen LogP) is 3.33. The lowest BCUT2D eigenvalue weighted by Crippen LogP contribution is -2.46. The summed E-state index contributed by atoms with van der Waals surface area (Å²) in [6.45, 7) is 0. The molecule has 1 aromatic heterocycles. The van der Waals surface area contributed by atoms with Gasteiger partial charge in [-0.05, 0) is 37.8 Å². The number of carbonyl (C=O) groups is 1. The summed E-state index contributed by atoms with van der Waals surface area (Å²) in [5.74, 6) is 0.605. The van der Waals surface area contributed by atoms with Crippen molar-refractivity contribution in [2.24, 2.45) is 0 Å². The maximum atomic E-state index is 12.6. The largest absolute Gasteiger partial charge is 0.487 e. The number of aromatic nitrogens is 1. The molecule has 2 N–H and O–H groups in total. The number of pyridine rings is 1. The van der Waals surface area contributed by atoms with Crippen molar-refractivity contribution in [3.8, 4) is 5.75 Å². The van der Waals surface area contributed by atoms with E-state index in [4.69, 9.17) is 4.74 Å². The number of H-pyrrole nitrogens is 1. The molecular weight excluding hydrogens is 316 g/mol. The molecule has 5 heteroatoms. The van der Waals surface area contributed by atoms with E-state index in [1.165, 1.54) is 12.5 Å². The van der Waals surface area contributed by atoms with Gasteiger partial charge in [-0.15, -0.1) is 0 Å². The van der Waals surface area contributed by atoms with Gasteiger partial charge in [0.2, 0.25) is 5.56 Å². The Morgan fingerprint density at radius 3 is 2.68 bits per heavy atom. The van der Waals surface area contributed by atoms with Crippen LogP contribution in [0.1, 0.15) is 60.6 Å². The van der Waals surface area contributed by atoms with Crippen LogP contribution in [0.4, 0.5) is 0 Å². The SMILES string of the molecule is O=C(NC1CC2(CCCCC2)Oc2ccccc21)c1cccc(=O)[nH]1. The quantitative estimate of drug-likeness (QED) is 0.882. The van der Waals surface area contributed by atoms with Crippen LogP contribution in [0.15, 0.2) is 47.3 Å². The van der Waals surface area contributed by atoms with Gasteiger partial charge in [-0.2, -0.15) is 0 Å². The van der Waals surface area contributed by atoms with E-state index in [1.807, 2.05) is 24.3 Å². The second-order valence-electron chi connectivity index (χ2n) is 7.04. The molecular formula is C20H22N2O3. The van der Waals surface area contributed by atoms with E-state index in [9.17, 15) is 9.59 Å². The monoisotopic (exact) mass is 338 g/mol. The minimum Gasteiger partial charge on any atom is -0.487 e. The van der Waals surface area contributed by atoms with E-state index in [1.54, 1.807) is 12.1 Å². The highest BCUT2D eigenvalue weighted by Gasteiger charge is 2.42. The summed E-state index contributed by atoms with van der Waals surface area (Å²) in [7, 11) is 0. The molecule has 0 radical (unpaired) electrons. The number of hydrogen-bond donors (Lipinski definition) is 2. The highest BCUT2D eigenvalue weighted by atomic mass is 16.5. The van der Waals surface area contributed by atoms with Crippen LogP contribution in [-0.2, 0) is 0 Å². The van der Waals surface area contributed by atoms with Crippen molar-refractivity contribution >= 4 is 5.91 Å². The van der Waals surface area contributed by atoms with E-state index in [0.717, 1.165) is 43.4 Å². The van der Waals surface area contributed by atoms with Crippen LogP contribution < -0.4 is 15.6 Å². The zero-order chi connectivity index (χ0) is 17.3. The highest BCUT2D eigenvalue weighted by molar-refractivity contribution is 5.92. The van der Waals surface area contributed by atoms with Gasteiger partial charge in [0.1, 0.15) is 17.0 Å². The number of benzene rings is 1. The Bertz CT molecular complexity index is 837. The zero-order valence-electron chi connectivity index (χ0n) is 14.1. The second kappa shape index (κ2) is 6.39. The van der Waals surface area contributed by atoms with Gasteiger partial charge in [-0.1, -0.05) is 30.7 Å². The van der Waals surface area contributed by atoms with Gasteiger partial charge >= 0.3 is 0 Å². The first-order valence-electron chi connectivity index (χ1n) is 8.93. The summed E-state index contributed by atoms with van der Waals surface area (Å²) < 4.78 is 6.39. The van der Waals surface area contributed by atoms with E-state index in [2.05, 4.69) is 10.3 Å². The van der Waals surface area contributed by atoms with Crippen molar-refractivity contribution in [1.82, 2.24) is 10.3 Å². The Labute approximate surface area is 146 Å². The van der Waals surface area contributed by atoms with Gasteiger partial charge in [0.15, 0.2) is 0 Å². The molecule has 1 fully saturated rings. The average molecular weight is 338 g/mol. The van der Waals surface area contributed by atoms with E-state index >= 15 is 0 Å². The molecule has 1 saturated carbocycles. The third-order valence-corrected chi connectivity index (χ3v) is 5.28. The Hall–Kier alpha value is -2.56. The van der Waals surface area contributed by atoms with Crippen molar-refractivity contribution in [3.05, 3.63) is 64.1 Å². The van der Waals surface area contributed by atoms with Gasteiger partial charge in [0.25, 0.3) is 5.91 Å². The number of hydrogen-bond acceptors (Lipinski definition) is 3. The molecule has 0 bridgehead atoms. The summed E-state index contributed by atoms with van der Waals surface area (Å²) in [4.78, 5) is 26.7. The molecule has 2 aliphatic rings. The molecule has 25 heavy (non-hydrogen) atoms. The van der Waals surface area contributed by atoms with Crippen molar-refractivity contribution in [2.75, 3.05) is 0 Å². The molecule has 1 unspecified atom stereocenters. The zero-order valence-corrected chi connectivity index (χ0v) is 14.1. The van der Waals surface area contributed by atoms with E-state index < -0.39 is 0 Å². The molecule has 0 saturated heterocycles. The molecule has 1 atom stereocenters. The number of carbonyl (C=O) groups excluding carboxylic acids is 1. The summed E-state index contributed by atoms with van der Waals surface area (Å²) in [6, 6.07) is 12.4. The first-order chi connectivity index (χ1) is 12.2. The minimum atomic E-state index is -0.274. The Morgan fingerprint density at radius 2 is 1.88 bits per heavy atom. The van der Waals surface area contributed by atoms with E-state index in [0.29, 0.717) is 0 Å². The Balaban J connectivity index is 1.63. The Morgan fingerprint density at radius 1 is 1.08 bits per heavy atom. The van der Waals surface area contributed by atoms with Crippen LogP contribution in [0, 0.1) is 0 Å². The maximum absolute atomic E-state index is 12.6. The fraction of sp³-hybridized carbons (Fsp3) is 0.400. The molecule has 1 spiro atoms. The van der Waals surface area contributed by atoms with Crippen LogP contribution in [0.3, 0.4) is 0 Å². The number of nitrogens with one attached hydrogen (secondary N) is 2. The molecule has 2 aromatic rings. The molecule has 5 nitrogen and oxygen atoms in total. The van der Waals surface area contributed by atoms with Crippen molar-refractivity contribution < 1.29 is 9.53 Å². The molecule has 130 valence electrons. The third kappa shape index (κ3) is 3.18. The molecule has 1 aliphatic heterocycles. The molecule has 1 aliphatic carbocycles. The Kier molecular flexibility index (Phi) is 4.07. The highest BCUT2D eigenvalue weighted by Crippen LogP contribution is 2.46. The number of para-hydroxylation sites is 1. The predicted molar refractivity (Wildman–Crippen MR) is 94.8 cm³/mol.